The molecule has 0 amide bonds. The van der Waals surface area contributed by atoms with Gasteiger partial charge in [0.2, 0.25) is 0 Å². The lowest BCUT2D eigenvalue weighted by Crippen LogP contribution is -2.33. The van der Waals surface area contributed by atoms with Crippen molar-refractivity contribution in [2.45, 2.75) is 63.6 Å². The Morgan fingerprint density at radius 2 is 1.43 bits per heavy atom. The molecule has 1 saturated carbocycles. The van der Waals surface area contributed by atoms with Crippen LogP contribution in [-0.4, -0.2) is 44.2 Å². The second-order valence-electron chi connectivity index (χ2n) is 5.57. The smallest absolute Gasteiger partial charge is 0.306 e. The summed E-state index contributed by atoms with van der Waals surface area (Å²) < 4.78 is 20.6. The molecule has 2 rings (SSSR count). The van der Waals surface area contributed by atoms with Crippen LogP contribution in [0.4, 0.5) is 0 Å². The zero-order valence-corrected chi connectivity index (χ0v) is 12.4. The Labute approximate surface area is 125 Å². The fourth-order valence-electron chi connectivity index (χ4n) is 2.58. The maximum absolute atomic E-state index is 11.7. The SMILES string of the molecule is O=C(CCCC(=O)OC1COCOC1)OC1CCCCC1. The molecule has 0 unspecified atom stereocenters. The monoisotopic (exact) mass is 300 g/mol. The van der Waals surface area contributed by atoms with Crippen LogP contribution >= 0.6 is 0 Å². The second kappa shape index (κ2) is 9.00. The van der Waals surface area contributed by atoms with Gasteiger partial charge in [-0.1, -0.05) is 6.42 Å². The van der Waals surface area contributed by atoms with Gasteiger partial charge in [-0.3, -0.25) is 9.59 Å². The van der Waals surface area contributed by atoms with Gasteiger partial charge in [-0.05, 0) is 32.1 Å². The van der Waals surface area contributed by atoms with Gasteiger partial charge in [0.1, 0.15) is 19.0 Å². The van der Waals surface area contributed by atoms with Crippen molar-refractivity contribution in [2.75, 3.05) is 20.0 Å². The molecule has 0 bridgehead atoms. The number of esters is 2. The zero-order chi connectivity index (χ0) is 14.9. The van der Waals surface area contributed by atoms with Crippen LogP contribution in [-0.2, 0) is 28.5 Å². The molecule has 0 atom stereocenters. The number of ether oxygens (including phenoxy) is 4. The number of hydrogen-bond donors (Lipinski definition) is 0. The van der Waals surface area contributed by atoms with E-state index >= 15 is 0 Å². The Hall–Kier alpha value is -1.14. The van der Waals surface area contributed by atoms with Crippen molar-refractivity contribution in [3.05, 3.63) is 0 Å². The average Bonchev–Trinajstić information content (AvgIpc) is 2.49. The fourth-order valence-corrected chi connectivity index (χ4v) is 2.58. The molecular formula is C15H24O6. The van der Waals surface area contributed by atoms with Crippen LogP contribution in [0.15, 0.2) is 0 Å². The number of rotatable bonds is 6. The van der Waals surface area contributed by atoms with E-state index in [1.807, 2.05) is 0 Å². The Bertz CT molecular complexity index is 299. The first-order valence-corrected chi connectivity index (χ1v) is 7.78. The lowest BCUT2D eigenvalue weighted by molar-refractivity contribution is -0.183. The lowest BCUT2D eigenvalue weighted by atomic mass is 9.98. The third-order valence-electron chi connectivity index (χ3n) is 3.68. The topological polar surface area (TPSA) is 71.1 Å². The van der Waals surface area contributed by atoms with Gasteiger partial charge in [-0.25, -0.2) is 0 Å². The van der Waals surface area contributed by atoms with Crippen molar-refractivity contribution in [2.24, 2.45) is 0 Å². The maximum Gasteiger partial charge on any atom is 0.306 e. The van der Waals surface area contributed by atoms with Crippen LogP contribution in [0.2, 0.25) is 0 Å². The summed E-state index contributed by atoms with van der Waals surface area (Å²) >= 11 is 0. The number of carbonyl (C=O) groups is 2. The molecule has 2 aliphatic rings. The van der Waals surface area contributed by atoms with Crippen molar-refractivity contribution < 1.29 is 28.5 Å². The first-order valence-electron chi connectivity index (χ1n) is 7.78. The van der Waals surface area contributed by atoms with Crippen LogP contribution in [0.5, 0.6) is 0 Å². The highest BCUT2D eigenvalue weighted by Crippen LogP contribution is 2.20. The van der Waals surface area contributed by atoms with Crippen molar-refractivity contribution in [3.63, 3.8) is 0 Å². The maximum atomic E-state index is 11.7. The van der Waals surface area contributed by atoms with Crippen LogP contribution in [0.25, 0.3) is 0 Å². The Morgan fingerprint density at radius 1 is 0.857 bits per heavy atom. The minimum atomic E-state index is -0.333. The molecule has 1 saturated heterocycles. The van der Waals surface area contributed by atoms with E-state index in [0.29, 0.717) is 19.6 Å². The van der Waals surface area contributed by atoms with Gasteiger partial charge in [0, 0.05) is 12.8 Å². The molecule has 6 heteroatoms. The van der Waals surface area contributed by atoms with E-state index in [-0.39, 0.29) is 43.8 Å². The summed E-state index contributed by atoms with van der Waals surface area (Å²) in [7, 11) is 0. The molecule has 0 N–H and O–H groups in total. The molecule has 0 spiro atoms. The van der Waals surface area contributed by atoms with E-state index < -0.39 is 0 Å². The summed E-state index contributed by atoms with van der Waals surface area (Å²) in [6.45, 7) is 0.992. The standard InChI is InChI=1S/C15H24O6/c16-14(20-12-5-2-1-3-6-12)7-4-8-15(17)21-13-9-18-11-19-10-13/h12-13H,1-11H2. The molecule has 0 radical (unpaired) electrons. The van der Waals surface area contributed by atoms with Gasteiger partial charge >= 0.3 is 11.9 Å². The summed E-state index contributed by atoms with van der Waals surface area (Å²) in [6, 6.07) is 0. The van der Waals surface area contributed by atoms with Crippen LogP contribution < -0.4 is 0 Å². The molecule has 1 heterocycles. The van der Waals surface area contributed by atoms with Gasteiger partial charge in [0.15, 0.2) is 0 Å². The summed E-state index contributed by atoms with van der Waals surface area (Å²) in [5.41, 5.74) is 0. The summed E-state index contributed by atoms with van der Waals surface area (Å²) in [4.78, 5) is 23.3. The van der Waals surface area contributed by atoms with Crippen LogP contribution in [0.1, 0.15) is 51.4 Å². The summed E-state index contributed by atoms with van der Waals surface area (Å²) in [5.74, 6) is -0.529. The molecule has 1 aliphatic carbocycles. The second-order valence-corrected chi connectivity index (χ2v) is 5.57. The predicted octanol–water partition coefficient (Wildman–Crippen LogP) is 1.95. The van der Waals surface area contributed by atoms with Gasteiger partial charge in [-0.15, -0.1) is 0 Å². The molecule has 2 fully saturated rings. The quantitative estimate of drug-likeness (QED) is 0.698. The summed E-state index contributed by atoms with van der Waals surface area (Å²) in [6.07, 6.45) is 6.12. The first-order chi connectivity index (χ1) is 10.2. The van der Waals surface area contributed by atoms with Gasteiger partial charge in [0.05, 0.1) is 13.2 Å². The third-order valence-corrected chi connectivity index (χ3v) is 3.68. The van der Waals surface area contributed by atoms with Gasteiger partial charge in [0.25, 0.3) is 0 Å². The normalized spacial score (nSPS) is 21.0. The zero-order valence-electron chi connectivity index (χ0n) is 12.4. The average molecular weight is 300 g/mol. The van der Waals surface area contributed by atoms with Crippen molar-refractivity contribution in [1.82, 2.24) is 0 Å². The highest BCUT2D eigenvalue weighted by atomic mass is 16.7. The highest BCUT2D eigenvalue weighted by molar-refractivity contribution is 5.72. The minimum Gasteiger partial charge on any atom is -0.462 e. The Kier molecular flexibility index (Phi) is 6.95. The number of carbonyl (C=O) groups excluding carboxylic acids is 2. The molecule has 6 nitrogen and oxygen atoms in total. The molecule has 0 aromatic heterocycles. The van der Waals surface area contributed by atoms with Crippen molar-refractivity contribution >= 4 is 11.9 Å². The molecule has 120 valence electrons. The predicted molar refractivity (Wildman–Crippen MR) is 73.5 cm³/mol. The van der Waals surface area contributed by atoms with Crippen LogP contribution in [0, 0.1) is 0 Å². The van der Waals surface area contributed by atoms with E-state index in [9.17, 15) is 9.59 Å². The van der Waals surface area contributed by atoms with Crippen LogP contribution in [0.3, 0.4) is 0 Å². The highest BCUT2D eigenvalue weighted by Gasteiger charge is 2.20. The van der Waals surface area contributed by atoms with Gasteiger partial charge in [-0.2, -0.15) is 0 Å². The molecule has 21 heavy (non-hydrogen) atoms. The van der Waals surface area contributed by atoms with E-state index in [2.05, 4.69) is 0 Å². The largest absolute Gasteiger partial charge is 0.462 e. The van der Waals surface area contributed by atoms with Crippen molar-refractivity contribution in [3.8, 4) is 0 Å². The fraction of sp³-hybridized carbons (Fsp3) is 0.867. The molecule has 1 aliphatic heterocycles. The van der Waals surface area contributed by atoms with Crippen molar-refractivity contribution in [1.29, 1.82) is 0 Å². The minimum absolute atomic E-state index is 0.0785. The lowest BCUT2D eigenvalue weighted by Gasteiger charge is -2.22. The van der Waals surface area contributed by atoms with Gasteiger partial charge < -0.3 is 18.9 Å². The molecular weight excluding hydrogens is 276 g/mol. The van der Waals surface area contributed by atoms with E-state index in [0.717, 1.165) is 25.7 Å². The number of hydrogen-bond acceptors (Lipinski definition) is 6. The first kappa shape index (κ1) is 16.2. The van der Waals surface area contributed by atoms with E-state index in [1.54, 1.807) is 0 Å². The van der Waals surface area contributed by atoms with E-state index in [1.165, 1.54) is 6.42 Å². The molecule has 0 aromatic carbocycles. The summed E-state index contributed by atoms with van der Waals surface area (Å²) in [5, 5.41) is 0. The Morgan fingerprint density at radius 3 is 2.05 bits per heavy atom. The Balaban J connectivity index is 1.53. The third kappa shape index (κ3) is 6.44. The molecule has 0 aromatic rings. The van der Waals surface area contributed by atoms with E-state index in [4.69, 9.17) is 18.9 Å².